The number of anilines is 1. The molecular weight excluding hydrogens is 334 g/mol. The van der Waals surface area contributed by atoms with Gasteiger partial charge in [0, 0.05) is 11.3 Å². The Morgan fingerprint density at radius 3 is 2.62 bits per heavy atom. The van der Waals surface area contributed by atoms with Crippen molar-refractivity contribution in [3.05, 3.63) is 53.1 Å². The van der Waals surface area contributed by atoms with Gasteiger partial charge in [-0.05, 0) is 42.0 Å². The molecule has 0 unspecified atom stereocenters. The fraction of sp³-hybridized carbons (Fsp3) is 0.0588. The van der Waals surface area contributed by atoms with Crippen LogP contribution in [0.5, 0.6) is 11.5 Å². The summed E-state index contributed by atoms with van der Waals surface area (Å²) in [5.74, 6) is -0.298. The van der Waals surface area contributed by atoms with Gasteiger partial charge < -0.3 is 19.9 Å². The maximum Gasteiger partial charge on any atom is 0.335 e. The van der Waals surface area contributed by atoms with E-state index in [1.807, 2.05) is 0 Å². The third-order valence-electron chi connectivity index (χ3n) is 3.86. The number of halogens is 1. The highest BCUT2D eigenvalue weighted by atomic mass is 35.5. The number of amides is 1. The van der Waals surface area contributed by atoms with Crippen LogP contribution in [-0.4, -0.2) is 23.8 Å². The van der Waals surface area contributed by atoms with Gasteiger partial charge in [-0.15, -0.1) is 0 Å². The molecule has 0 radical (unpaired) electrons. The highest BCUT2D eigenvalue weighted by Crippen LogP contribution is 2.41. The van der Waals surface area contributed by atoms with Crippen molar-refractivity contribution < 1.29 is 24.2 Å². The van der Waals surface area contributed by atoms with Crippen LogP contribution in [0.25, 0.3) is 10.6 Å². The van der Waals surface area contributed by atoms with Crippen molar-refractivity contribution in [2.24, 2.45) is 0 Å². The molecule has 0 atom stereocenters. The van der Waals surface area contributed by atoms with Gasteiger partial charge in [-0.3, -0.25) is 4.79 Å². The molecule has 0 aliphatic carbocycles. The second-order valence-electron chi connectivity index (χ2n) is 5.28. The molecule has 0 aromatic heterocycles. The van der Waals surface area contributed by atoms with Gasteiger partial charge in [0.05, 0.1) is 16.2 Å². The molecular formula is C17H10ClNO5. The molecule has 1 amide bonds. The lowest BCUT2D eigenvalue weighted by atomic mass is 10.0. The first kappa shape index (κ1) is 14.6. The van der Waals surface area contributed by atoms with Gasteiger partial charge in [0.1, 0.15) is 0 Å². The first-order valence-corrected chi connectivity index (χ1v) is 7.41. The number of carbonyl (C=O) groups is 2. The predicted octanol–water partition coefficient (Wildman–Crippen LogP) is 3.17. The summed E-state index contributed by atoms with van der Waals surface area (Å²) in [6.07, 6.45) is 0. The number of carbonyl (C=O) groups excluding carboxylic acids is 1. The molecule has 2 aromatic carbocycles. The second-order valence-corrected chi connectivity index (χ2v) is 5.65. The smallest absolute Gasteiger partial charge is 0.335 e. The Balaban J connectivity index is 1.86. The van der Waals surface area contributed by atoms with E-state index in [4.69, 9.17) is 26.2 Å². The number of hydrogen-bond acceptors (Lipinski definition) is 4. The Hall–Kier alpha value is -2.99. The third-order valence-corrected chi connectivity index (χ3v) is 4.26. The van der Waals surface area contributed by atoms with Gasteiger partial charge in [0.2, 0.25) is 6.79 Å². The van der Waals surface area contributed by atoms with Crippen molar-refractivity contribution >= 4 is 39.8 Å². The van der Waals surface area contributed by atoms with Gasteiger partial charge in [-0.25, -0.2) is 4.79 Å². The molecule has 2 aromatic rings. The SMILES string of the molecule is O=C1Nc2ccc(C(=O)O)cc2/C1=C(/Cl)c1ccc2c(c1)OCO2. The van der Waals surface area contributed by atoms with Gasteiger partial charge in [-0.2, -0.15) is 0 Å². The fourth-order valence-corrected chi connectivity index (χ4v) is 3.00. The van der Waals surface area contributed by atoms with E-state index in [0.29, 0.717) is 28.3 Å². The summed E-state index contributed by atoms with van der Waals surface area (Å²) in [5, 5.41) is 12.0. The summed E-state index contributed by atoms with van der Waals surface area (Å²) >= 11 is 6.44. The summed E-state index contributed by atoms with van der Waals surface area (Å²) in [7, 11) is 0. The van der Waals surface area contributed by atoms with Crippen LogP contribution < -0.4 is 14.8 Å². The number of fused-ring (bicyclic) bond motifs is 2. The first-order valence-electron chi connectivity index (χ1n) is 7.03. The van der Waals surface area contributed by atoms with Gasteiger partial charge in [0.15, 0.2) is 11.5 Å². The first-order chi connectivity index (χ1) is 11.5. The number of rotatable bonds is 2. The number of hydrogen-bond donors (Lipinski definition) is 2. The highest BCUT2D eigenvalue weighted by Gasteiger charge is 2.29. The van der Waals surface area contributed by atoms with Crippen molar-refractivity contribution in [2.45, 2.75) is 0 Å². The van der Waals surface area contributed by atoms with Crippen molar-refractivity contribution in [3.8, 4) is 11.5 Å². The van der Waals surface area contributed by atoms with Gasteiger partial charge >= 0.3 is 5.97 Å². The van der Waals surface area contributed by atoms with Crippen LogP contribution in [0, 0.1) is 0 Å². The van der Waals surface area contributed by atoms with Crippen LogP contribution in [0.4, 0.5) is 5.69 Å². The van der Waals surface area contributed by atoms with Crippen molar-refractivity contribution in [3.63, 3.8) is 0 Å². The molecule has 2 heterocycles. The highest BCUT2D eigenvalue weighted by molar-refractivity contribution is 6.59. The molecule has 0 bridgehead atoms. The molecule has 4 rings (SSSR count). The normalized spacial score (nSPS) is 16.6. The quantitative estimate of drug-likeness (QED) is 0.818. The molecule has 0 saturated carbocycles. The molecule has 0 spiro atoms. The number of benzene rings is 2. The van der Waals surface area contributed by atoms with E-state index in [1.165, 1.54) is 12.1 Å². The van der Waals surface area contributed by atoms with Crippen molar-refractivity contribution in [1.82, 2.24) is 0 Å². The Morgan fingerprint density at radius 2 is 1.83 bits per heavy atom. The second kappa shape index (κ2) is 5.28. The van der Waals surface area contributed by atoms with E-state index >= 15 is 0 Å². The van der Waals surface area contributed by atoms with E-state index in [1.54, 1.807) is 24.3 Å². The summed E-state index contributed by atoms with van der Waals surface area (Å²) in [4.78, 5) is 23.5. The Labute approximate surface area is 141 Å². The minimum absolute atomic E-state index is 0.0814. The topological polar surface area (TPSA) is 84.9 Å². The van der Waals surface area contributed by atoms with Gasteiger partial charge in [0.25, 0.3) is 5.91 Å². The van der Waals surface area contributed by atoms with Crippen LogP contribution >= 0.6 is 11.6 Å². The molecule has 7 heteroatoms. The number of aromatic carboxylic acids is 1. The monoisotopic (exact) mass is 343 g/mol. The van der Waals surface area contributed by atoms with Crippen molar-refractivity contribution in [2.75, 3.05) is 12.1 Å². The lowest BCUT2D eigenvalue weighted by molar-refractivity contribution is -0.110. The van der Waals surface area contributed by atoms with Crippen LogP contribution in [0.15, 0.2) is 36.4 Å². The molecule has 6 nitrogen and oxygen atoms in total. The van der Waals surface area contributed by atoms with E-state index < -0.39 is 5.97 Å². The van der Waals surface area contributed by atoms with E-state index in [0.717, 1.165) is 0 Å². The average molecular weight is 344 g/mol. The zero-order valence-electron chi connectivity index (χ0n) is 12.1. The lowest BCUT2D eigenvalue weighted by Crippen LogP contribution is -2.04. The van der Waals surface area contributed by atoms with Crippen LogP contribution in [0.3, 0.4) is 0 Å². The number of carboxylic acids is 1. The van der Waals surface area contributed by atoms with Crippen molar-refractivity contribution in [1.29, 1.82) is 0 Å². The summed E-state index contributed by atoms with van der Waals surface area (Å²) in [6, 6.07) is 9.52. The third kappa shape index (κ3) is 2.19. The number of ether oxygens (including phenoxy) is 2. The Kier molecular flexibility index (Phi) is 3.21. The maximum absolute atomic E-state index is 12.3. The molecule has 24 heavy (non-hydrogen) atoms. The van der Waals surface area contributed by atoms with E-state index in [9.17, 15) is 9.59 Å². The Bertz CT molecular complexity index is 935. The minimum atomic E-state index is -1.07. The minimum Gasteiger partial charge on any atom is -0.478 e. The number of nitrogens with one attached hydrogen (secondary N) is 1. The number of carboxylic acid groups (broad SMARTS) is 1. The van der Waals surface area contributed by atoms with Crippen LogP contribution in [0.2, 0.25) is 0 Å². The lowest BCUT2D eigenvalue weighted by Gasteiger charge is -2.06. The molecule has 2 aliphatic rings. The standard InChI is InChI=1S/C17H10ClNO5/c18-15(8-2-4-12-13(6-8)24-7-23-12)14-10-5-9(17(21)22)1-3-11(10)19-16(14)20/h1-6H,7H2,(H,19,20)(H,21,22)/b15-14-. The van der Waals surface area contributed by atoms with E-state index in [-0.39, 0.29) is 28.9 Å². The fourth-order valence-electron chi connectivity index (χ4n) is 2.70. The van der Waals surface area contributed by atoms with Crippen LogP contribution in [-0.2, 0) is 4.79 Å². The van der Waals surface area contributed by atoms with E-state index in [2.05, 4.69) is 5.32 Å². The molecule has 120 valence electrons. The molecule has 2 N–H and O–H groups in total. The molecule has 0 fully saturated rings. The summed E-state index contributed by atoms with van der Waals surface area (Å²) in [6.45, 7) is 0.137. The predicted molar refractivity (Wildman–Crippen MR) is 87.3 cm³/mol. The molecule has 2 aliphatic heterocycles. The zero-order valence-corrected chi connectivity index (χ0v) is 12.9. The molecule has 0 saturated heterocycles. The average Bonchev–Trinajstić information content (AvgIpc) is 3.15. The maximum atomic E-state index is 12.3. The zero-order chi connectivity index (χ0) is 16.8. The summed E-state index contributed by atoms with van der Waals surface area (Å²) < 4.78 is 10.6. The largest absolute Gasteiger partial charge is 0.478 e. The van der Waals surface area contributed by atoms with Crippen LogP contribution in [0.1, 0.15) is 21.5 Å². The Morgan fingerprint density at radius 1 is 1.08 bits per heavy atom. The van der Waals surface area contributed by atoms with Gasteiger partial charge in [-0.1, -0.05) is 11.6 Å². The summed E-state index contributed by atoms with van der Waals surface area (Å²) in [5.41, 5.74) is 1.88.